The van der Waals surface area contributed by atoms with Gasteiger partial charge in [-0.15, -0.1) is 0 Å². The Morgan fingerprint density at radius 3 is 3.05 bits per heavy atom. The summed E-state index contributed by atoms with van der Waals surface area (Å²) in [5, 5.41) is 14.2. The zero-order valence-corrected chi connectivity index (χ0v) is 10.9. The van der Waals surface area contributed by atoms with Gasteiger partial charge in [0.2, 0.25) is 0 Å². The van der Waals surface area contributed by atoms with Crippen molar-refractivity contribution in [1.82, 2.24) is 5.43 Å². The maximum absolute atomic E-state index is 11.9. The molecule has 0 heterocycles. The van der Waals surface area contributed by atoms with Crippen LogP contribution in [-0.4, -0.2) is 16.7 Å². The Labute approximate surface area is 115 Å². The van der Waals surface area contributed by atoms with E-state index in [2.05, 4.69) is 22.7 Å². The van der Waals surface area contributed by atoms with Crippen LogP contribution in [0.3, 0.4) is 0 Å². The van der Waals surface area contributed by atoms with Crippen molar-refractivity contribution in [3.8, 4) is 5.75 Å². The Hall–Kier alpha value is -1.81. The first-order valence-corrected chi connectivity index (χ1v) is 6.55. The van der Waals surface area contributed by atoms with Gasteiger partial charge in [0.1, 0.15) is 5.75 Å². The van der Waals surface area contributed by atoms with Crippen LogP contribution in [0.4, 0.5) is 0 Å². The van der Waals surface area contributed by atoms with E-state index in [4.69, 9.17) is 11.6 Å². The predicted molar refractivity (Wildman–Crippen MR) is 73.4 cm³/mol. The number of hydrogen-bond acceptors (Lipinski definition) is 3. The molecular formula is C14H13ClN2O2. The highest BCUT2D eigenvalue weighted by Crippen LogP contribution is 2.40. The van der Waals surface area contributed by atoms with Crippen LogP contribution in [0, 0.1) is 11.8 Å². The van der Waals surface area contributed by atoms with Gasteiger partial charge in [0.25, 0.3) is 5.91 Å². The van der Waals surface area contributed by atoms with Crippen LogP contribution >= 0.6 is 11.6 Å². The maximum atomic E-state index is 11.9. The molecule has 1 aromatic rings. The van der Waals surface area contributed by atoms with Crippen LogP contribution in [0.5, 0.6) is 5.75 Å². The molecule has 1 saturated carbocycles. The average Bonchev–Trinajstić information content (AvgIpc) is 2.71. The number of allylic oxidation sites excluding steroid dienone is 2. The lowest BCUT2D eigenvalue weighted by molar-refractivity contribution is 0.0951. The normalized spacial score (nSPS) is 26.1. The van der Waals surface area contributed by atoms with E-state index >= 15 is 0 Å². The first-order valence-electron chi connectivity index (χ1n) is 6.17. The van der Waals surface area contributed by atoms with E-state index in [0.29, 0.717) is 16.9 Å². The third-order valence-corrected chi connectivity index (χ3v) is 3.90. The van der Waals surface area contributed by atoms with Gasteiger partial charge in [-0.1, -0.05) is 23.8 Å². The van der Waals surface area contributed by atoms with Gasteiger partial charge in [0, 0.05) is 16.7 Å². The van der Waals surface area contributed by atoms with Gasteiger partial charge in [0.15, 0.2) is 0 Å². The lowest BCUT2D eigenvalue weighted by Crippen LogP contribution is -2.35. The van der Waals surface area contributed by atoms with E-state index in [1.807, 2.05) is 0 Å². The van der Waals surface area contributed by atoms with E-state index < -0.39 is 5.91 Å². The van der Waals surface area contributed by atoms with E-state index in [0.717, 1.165) is 18.6 Å². The van der Waals surface area contributed by atoms with Gasteiger partial charge >= 0.3 is 0 Å². The van der Waals surface area contributed by atoms with Gasteiger partial charge in [-0.2, -0.15) is 5.10 Å². The Morgan fingerprint density at radius 2 is 2.32 bits per heavy atom. The van der Waals surface area contributed by atoms with Gasteiger partial charge in [-0.3, -0.25) is 4.79 Å². The van der Waals surface area contributed by atoms with Crippen LogP contribution in [0.25, 0.3) is 0 Å². The molecule has 2 atom stereocenters. The molecule has 3 rings (SSSR count). The molecule has 0 unspecified atom stereocenters. The topological polar surface area (TPSA) is 61.7 Å². The summed E-state index contributed by atoms with van der Waals surface area (Å²) in [7, 11) is 0. The molecule has 0 aromatic heterocycles. The van der Waals surface area contributed by atoms with Crippen molar-refractivity contribution in [3.05, 3.63) is 40.9 Å². The van der Waals surface area contributed by atoms with Crippen LogP contribution in [-0.2, 0) is 0 Å². The fraction of sp³-hybridized carbons (Fsp3) is 0.286. The number of nitrogens with zero attached hydrogens (tertiary/aromatic N) is 1. The van der Waals surface area contributed by atoms with Gasteiger partial charge < -0.3 is 5.11 Å². The van der Waals surface area contributed by atoms with Crippen LogP contribution in [0.15, 0.2) is 35.5 Å². The van der Waals surface area contributed by atoms with E-state index in [1.54, 1.807) is 6.07 Å². The van der Waals surface area contributed by atoms with Gasteiger partial charge in [-0.05, 0) is 37.0 Å². The minimum Gasteiger partial charge on any atom is -0.507 e. The summed E-state index contributed by atoms with van der Waals surface area (Å²) < 4.78 is 0. The highest BCUT2D eigenvalue weighted by Gasteiger charge is 2.38. The predicted octanol–water partition coefficient (Wildman–Crippen LogP) is 2.73. The molecule has 0 spiro atoms. The van der Waals surface area contributed by atoms with Crippen molar-refractivity contribution in [1.29, 1.82) is 0 Å². The fourth-order valence-electron chi connectivity index (χ4n) is 2.54. The van der Waals surface area contributed by atoms with Crippen molar-refractivity contribution in [2.45, 2.75) is 12.8 Å². The number of hydrazone groups is 1. The number of fused-ring (bicyclic) bond motifs is 1. The van der Waals surface area contributed by atoms with Crippen LogP contribution < -0.4 is 5.43 Å². The molecule has 1 aromatic carbocycles. The monoisotopic (exact) mass is 276 g/mol. The summed E-state index contributed by atoms with van der Waals surface area (Å²) in [5.74, 6) is 0.494. The van der Waals surface area contributed by atoms with Crippen LogP contribution in [0.2, 0.25) is 5.02 Å². The first kappa shape index (κ1) is 12.2. The first-order chi connectivity index (χ1) is 9.15. The zero-order valence-electron chi connectivity index (χ0n) is 10.1. The van der Waals surface area contributed by atoms with Crippen molar-refractivity contribution in [2.24, 2.45) is 16.9 Å². The molecule has 5 heteroatoms. The van der Waals surface area contributed by atoms with Crippen molar-refractivity contribution >= 4 is 23.2 Å². The second-order valence-corrected chi connectivity index (χ2v) is 5.28. The van der Waals surface area contributed by atoms with E-state index in [9.17, 15) is 9.90 Å². The number of rotatable bonds is 2. The number of nitrogens with one attached hydrogen (secondary N) is 1. The summed E-state index contributed by atoms with van der Waals surface area (Å²) in [6.45, 7) is 0. The number of hydrogen-bond donors (Lipinski definition) is 2. The third-order valence-electron chi connectivity index (χ3n) is 3.67. The summed E-state index contributed by atoms with van der Waals surface area (Å²) >= 11 is 5.72. The van der Waals surface area contributed by atoms with Crippen molar-refractivity contribution in [2.75, 3.05) is 0 Å². The van der Waals surface area contributed by atoms with Crippen molar-refractivity contribution in [3.63, 3.8) is 0 Å². The smallest absolute Gasteiger partial charge is 0.275 e. The van der Waals surface area contributed by atoms with E-state index in [1.165, 1.54) is 12.1 Å². The fourth-order valence-corrected chi connectivity index (χ4v) is 2.71. The number of phenolic OH excluding ortho intramolecular Hbond substituents is 1. The highest BCUT2D eigenvalue weighted by molar-refractivity contribution is 6.30. The lowest BCUT2D eigenvalue weighted by atomic mass is 9.74. The zero-order chi connectivity index (χ0) is 13.4. The molecule has 2 aliphatic carbocycles. The number of aromatic hydroxyl groups is 1. The number of amides is 1. The summed E-state index contributed by atoms with van der Waals surface area (Å²) in [6.07, 6.45) is 6.28. The number of phenols is 1. The quantitative estimate of drug-likeness (QED) is 0.644. The molecule has 1 fully saturated rings. The molecule has 98 valence electrons. The molecule has 0 radical (unpaired) electrons. The molecule has 1 amide bonds. The van der Waals surface area contributed by atoms with Crippen LogP contribution in [0.1, 0.15) is 23.2 Å². The van der Waals surface area contributed by atoms with Gasteiger partial charge in [0.05, 0.1) is 5.56 Å². The third kappa shape index (κ3) is 2.24. The maximum Gasteiger partial charge on any atom is 0.275 e. The Kier molecular flexibility index (Phi) is 3.03. The molecule has 0 bridgehead atoms. The summed E-state index contributed by atoms with van der Waals surface area (Å²) in [4.78, 5) is 11.9. The lowest BCUT2D eigenvalue weighted by Gasteiger charge is -2.31. The average molecular weight is 277 g/mol. The number of carbonyl (C=O) groups excluding carboxylic acids is 1. The molecular weight excluding hydrogens is 264 g/mol. The second kappa shape index (κ2) is 4.70. The molecule has 19 heavy (non-hydrogen) atoms. The molecule has 2 aliphatic rings. The highest BCUT2D eigenvalue weighted by atomic mass is 35.5. The Balaban J connectivity index is 1.67. The number of benzene rings is 1. The summed E-state index contributed by atoms with van der Waals surface area (Å²) in [6, 6.07) is 4.38. The minimum absolute atomic E-state index is 0.140. The molecule has 2 N–H and O–H groups in total. The standard InChI is InChI=1S/C14H13ClN2O2/c15-9-4-5-11(13(18)7-9)14(19)17-16-12-6-8-2-1-3-10(8)12/h1-2,4-5,7-8,10,18H,3,6H2,(H,17,19)/b16-12-/t8-,10-/m1/s1. The minimum atomic E-state index is -0.420. The van der Waals surface area contributed by atoms with Gasteiger partial charge in [-0.25, -0.2) is 5.43 Å². The van der Waals surface area contributed by atoms with Crippen molar-refractivity contribution < 1.29 is 9.90 Å². The number of carbonyl (C=O) groups is 1. The molecule has 0 saturated heterocycles. The molecule has 0 aliphatic heterocycles. The summed E-state index contributed by atoms with van der Waals surface area (Å²) in [5.41, 5.74) is 3.69. The Bertz CT molecular complexity index is 595. The number of halogens is 1. The van der Waals surface area contributed by atoms with E-state index in [-0.39, 0.29) is 11.3 Å². The Morgan fingerprint density at radius 1 is 1.47 bits per heavy atom. The second-order valence-electron chi connectivity index (χ2n) is 4.84. The molecule has 4 nitrogen and oxygen atoms in total. The largest absolute Gasteiger partial charge is 0.507 e. The SMILES string of the molecule is O=C(N/N=C1/C[C@H]2C=CC[C@@H]12)c1ccc(Cl)cc1O.